The van der Waals surface area contributed by atoms with E-state index in [2.05, 4.69) is 81.9 Å². The molecule has 0 spiro atoms. The molecule has 4 rings (SSSR count). The smallest absolute Gasteiger partial charge is 0.0830 e. The molecule has 0 bridgehead atoms. The molecule has 1 saturated carbocycles. The summed E-state index contributed by atoms with van der Waals surface area (Å²) in [5, 5.41) is 8.67. The summed E-state index contributed by atoms with van der Waals surface area (Å²) >= 11 is 0. The number of benzene rings is 2. The molecule has 1 aliphatic rings. The van der Waals surface area contributed by atoms with Gasteiger partial charge in [0.05, 0.1) is 11.7 Å². The topological polar surface area (TPSA) is 30.7 Å². The molecule has 110 valence electrons. The molecule has 1 aromatic heterocycles. The predicted molar refractivity (Wildman–Crippen MR) is 86.7 cm³/mol. The number of rotatable bonds is 5. The van der Waals surface area contributed by atoms with E-state index >= 15 is 0 Å². The van der Waals surface area contributed by atoms with Gasteiger partial charge in [0, 0.05) is 12.1 Å². The van der Waals surface area contributed by atoms with Crippen molar-refractivity contribution >= 4 is 0 Å². The molecule has 22 heavy (non-hydrogen) atoms. The van der Waals surface area contributed by atoms with Crippen LogP contribution in [0.1, 0.15) is 35.2 Å². The van der Waals surface area contributed by atoms with Crippen molar-refractivity contribution in [2.45, 2.75) is 31.2 Å². The van der Waals surface area contributed by atoms with E-state index in [1.165, 1.54) is 17.5 Å². The van der Waals surface area contributed by atoms with Crippen molar-refractivity contribution < 1.29 is 0 Å². The quantitative estimate of drug-likeness (QED) is 0.715. The van der Waals surface area contributed by atoms with Gasteiger partial charge < -0.3 is 0 Å². The largest absolute Gasteiger partial charge is 0.249 e. The summed E-state index contributed by atoms with van der Waals surface area (Å²) < 4.78 is 2.05. The Balaban J connectivity index is 1.39. The lowest BCUT2D eigenvalue weighted by molar-refractivity contribution is 0.597. The zero-order chi connectivity index (χ0) is 14.8. The summed E-state index contributed by atoms with van der Waals surface area (Å²) in [6.07, 6.45) is 5.26. The van der Waals surface area contributed by atoms with Crippen LogP contribution >= 0.6 is 0 Å². The van der Waals surface area contributed by atoms with E-state index in [9.17, 15) is 0 Å². The summed E-state index contributed by atoms with van der Waals surface area (Å²) in [6, 6.07) is 21.7. The van der Waals surface area contributed by atoms with E-state index in [1.54, 1.807) is 0 Å². The van der Waals surface area contributed by atoms with Gasteiger partial charge in [-0.25, -0.2) is 4.68 Å². The minimum atomic E-state index is 0.486. The van der Waals surface area contributed by atoms with Gasteiger partial charge in [-0.2, -0.15) is 0 Å². The van der Waals surface area contributed by atoms with Crippen molar-refractivity contribution in [2.75, 3.05) is 0 Å². The first-order valence-corrected chi connectivity index (χ1v) is 7.90. The summed E-state index contributed by atoms with van der Waals surface area (Å²) in [5.74, 6) is 0.602. The second-order valence-corrected chi connectivity index (χ2v) is 6.00. The zero-order valence-corrected chi connectivity index (χ0v) is 12.5. The van der Waals surface area contributed by atoms with E-state index in [-0.39, 0.29) is 0 Å². The summed E-state index contributed by atoms with van der Waals surface area (Å²) in [4.78, 5) is 0. The molecule has 2 aromatic carbocycles. The van der Waals surface area contributed by atoms with Gasteiger partial charge in [-0.05, 0) is 30.4 Å². The first-order chi connectivity index (χ1) is 10.9. The zero-order valence-electron chi connectivity index (χ0n) is 12.5. The molecular weight excluding hydrogens is 270 g/mol. The van der Waals surface area contributed by atoms with Crippen molar-refractivity contribution in [3.63, 3.8) is 0 Å². The van der Waals surface area contributed by atoms with Crippen LogP contribution in [0.15, 0.2) is 66.9 Å². The van der Waals surface area contributed by atoms with Crippen molar-refractivity contribution in [3.8, 4) is 0 Å². The highest BCUT2D eigenvalue weighted by Gasteiger charge is 2.40. The number of hydrogen-bond donors (Lipinski definition) is 0. The highest BCUT2D eigenvalue weighted by Crippen LogP contribution is 2.50. The van der Waals surface area contributed by atoms with Crippen LogP contribution in [0.2, 0.25) is 0 Å². The van der Waals surface area contributed by atoms with E-state index < -0.39 is 0 Å². The lowest BCUT2D eigenvalue weighted by atomic mass is 10.1. The van der Waals surface area contributed by atoms with Crippen LogP contribution in [0.5, 0.6) is 0 Å². The van der Waals surface area contributed by atoms with Crippen LogP contribution in [0.4, 0.5) is 0 Å². The van der Waals surface area contributed by atoms with Crippen molar-refractivity contribution in [1.82, 2.24) is 15.0 Å². The van der Waals surface area contributed by atoms with Crippen LogP contribution in [0.3, 0.4) is 0 Å². The fourth-order valence-corrected chi connectivity index (χ4v) is 3.04. The predicted octanol–water partition coefficient (Wildman–Crippen LogP) is 3.79. The van der Waals surface area contributed by atoms with E-state index in [0.717, 1.165) is 18.5 Å². The Morgan fingerprint density at radius 3 is 2.41 bits per heavy atom. The molecule has 1 fully saturated rings. The van der Waals surface area contributed by atoms with Gasteiger partial charge in [0.25, 0.3) is 0 Å². The second kappa shape index (κ2) is 5.76. The Hall–Kier alpha value is -2.42. The van der Waals surface area contributed by atoms with Gasteiger partial charge in [-0.3, -0.25) is 0 Å². The Labute approximate surface area is 130 Å². The number of aryl methyl sites for hydroxylation is 2. The summed E-state index contributed by atoms with van der Waals surface area (Å²) in [7, 11) is 0. The molecule has 3 nitrogen and oxygen atoms in total. The second-order valence-electron chi connectivity index (χ2n) is 6.00. The average Bonchev–Trinajstić information content (AvgIpc) is 3.25. The molecule has 0 amide bonds. The highest BCUT2D eigenvalue weighted by molar-refractivity contribution is 5.26. The molecule has 1 aliphatic carbocycles. The van der Waals surface area contributed by atoms with Gasteiger partial charge in [-0.1, -0.05) is 65.9 Å². The SMILES string of the molecule is c1ccc(CCc2cn([C@@H]3C[C@H]3c3ccccc3)nn2)cc1. The Kier molecular flexibility index (Phi) is 3.47. The Bertz CT molecular complexity index is 734. The van der Waals surface area contributed by atoms with Gasteiger partial charge >= 0.3 is 0 Å². The lowest BCUT2D eigenvalue weighted by Gasteiger charge is -2.00. The maximum atomic E-state index is 4.33. The third kappa shape index (κ3) is 2.80. The van der Waals surface area contributed by atoms with Crippen molar-refractivity contribution in [1.29, 1.82) is 0 Å². The van der Waals surface area contributed by atoms with Crippen LogP contribution in [0.25, 0.3) is 0 Å². The highest BCUT2D eigenvalue weighted by atomic mass is 15.4. The molecule has 0 radical (unpaired) electrons. The normalized spacial score (nSPS) is 20.0. The molecule has 3 aromatic rings. The summed E-state index contributed by atoms with van der Waals surface area (Å²) in [5.41, 5.74) is 3.85. The van der Waals surface area contributed by atoms with E-state index in [1.807, 2.05) is 0 Å². The van der Waals surface area contributed by atoms with Crippen LogP contribution < -0.4 is 0 Å². The average molecular weight is 289 g/mol. The first-order valence-electron chi connectivity index (χ1n) is 7.90. The molecule has 2 atom stereocenters. The minimum absolute atomic E-state index is 0.486. The number of nitrogens with zero attached hydrogens (tertiary/aromatic N) is 3. The molecular formula is C19H19N3. The first kappa shape index (κ1) is 13.3. The maximum absolute atomic E-state index is 4.33. The van der Waals surface area contributed by atoms with Gasteiger partial charge in [0.15, 0.2) is 0 Å². The third-order valence-corrected chi connectivity index (χ3v) is 4.39. The number of aromatic nitrogens is 3. The fraction of sp³-hybridized carbons (Fsp3) is 0.263. The van der Waals surface area contributed by atoms with Gasteiger partial charge in [0.2, 0.25) is 0 Å². The lowest BCUT2D eigenvalue weighted by Crippen LogP contribution is -1.96. The summed E-state index contributed by atoms with van der Waals surface area (Å²) in [6.45, 7) is 0. The van der Waals surface area contributed by atoms with Crippen LogP contribution in [0, 0.1) is 0 Å². The van der Waals surface area contributed by atoms with Crippen molar-refractivity contribution in [3.05, 3.63) is 83.7 Å². The molecule has 0 N–H and O–H groups in total. The standard InChI is InChI=1S/C19H19N3/c1-3-7-15(8-4-1)11-12-17-14-22(21-20-17)19-13-18(19)16-9-5-2-6-10-16/h1-10,14,18-19H,11-13H2/t18-,19+/m0/s1. The third-order valence-electron chi connectivity index (χ3n) is 4.39. The van der Waals surface area contributed by atoms with E-state index in [4.69, 9.17) is 0 Å². The van der Waals surface area contributed by atoms with Crippen molar-refractivity contribution in [2.24, 2.45) is 0 Å². The molecule has 0 saturated heterocycles. The Morgan fingerprint density at radius 2 is 1.64 bits per heavy atom. The van der Waals surface area contributed by atoms with Crippen LogP contribution in [-0.4, -0.2) is 15.0 Å². The van der Waals surface area contributed by atoms with Gasteiger partial charge in [-0.15, -0.1) is 5.10 Å². The molecule has 0 aliphatic heterocycles. The van der Waals surface area contributed by atoms with Crippen LogP contribution in [-0.2, 0) is 12.8 Å². The monoisotopic (exact) mass is 289 g/mol. The van der Waals surface area contributed by atoms with E-state index in [0.29, 0.717) is 12.0 Å². The molecule has 1 heterocycles. The molecule has 0 unspecified atom stereocenters. The maximum Gasteiger partial charge on any atom is 0.0830 e. The number of hydrogen-bond acceptors (Lipinski definition) is 2. The Morgan fingerprint density at radius 1 is 0.909 bits per heavy atom. The fourth-order valence-electron chi connectivity index (χ4n) is 3.04. The molecule has 3 heteroatoms. The van der Waals surface area contributed by atoms with Gasteiger partial charge in [0.1, 0.15) is 0 Å². The minimum Gasteiger partial charge on any atom is -0.249 e.